The maximum atomic E-state index is 5.72. The summed E-state index contributed by atoms with van der Waals surface area (Å²) in [5.41, 5.74) is 7.51. The second-order valence-electron chi connectivity index (χ2n) is 2.59. The molecule has 2 N–H and O–H groups in total. The SMILES string of the molecule is Cn1ccc2cncc(N)c21. The molecule has 3 nitrogen and oxygen atoms in total. The summed E-state index contributed by atoms with van der Waals surface area (Å²) in [6, 6.07) is 2.00. The number of pyridine rings is 1. The van der Waals surface area contributed by atoms with Crippen LogP contribution in [0.3, 0.4) is 0 Å². The van der Waals surface area contributed by atoms with Gasteiger partial charge >= 0.3 is 0 Å². The lowest BCUT2D eigenvalue weighted by Crippen LogP contribution is -1.92. The van der Waals surface area contributed by atoms with E-state index in [1.807, 2.05) is 30.1 Å². The van der Waals surface area contributed by atoms with Crippen LogP contribution in [0.5, 0.6) is 0 Å². The van der Waals surface area contributed by atoms with Gasteiger partial charge in [-0.2, -0.15) is 0 Å². The molecule has 0 aliphatic rings. The van der Waals surface area contributed by atoms with Crippen LogP contribution in [0.2, 0.25) is 0 Å². The molecule has 0 bridgehead atoms. The van der Waals surface area contributed by atoms with E-state index >= 15 is 0 Å². The second kappa shape index (κ2) is 1.99. The number of nitrogens with zero attached hydrogens (tertiary/aromatic N) is 2. The fourth-order valence-corrected chi connectivity index (χ4v) is 1.28. The Morgan fingerprint density at radius 1 is 1.45 bits per heavy atom. The first-order valence-electron chi connectivity index (χ1n) is 3.43. The van der Waals surface area contributed by atoms with E-state index in [4.69, 9.17) is 5.73 Å². The molecule has 0 aliphatic heterocycles. The molecule has 0 aliphatic carbocycles. The van der Waals surface area contributed by atoms with E-state index in [1.54, 1.807) is 6.20 Å². The molecule has 0 spiro atoms. The Hall–Kier alpha value is -1.51. The van der Waals surface area contributed by atoms with Gasteiger partial charge in [-0.15, -0.1) is 0 Å². The Labute approximate surface area is 64.5 Å². The van der Waals surface area contributed by atoms with Crippen LogP contribution in [0.4, 0.5) is 5.69 Å². The summed E-state index contributed by atoms with van der Waals surface area (Å²) in [4.78, 5) is 3.99. The van der Waals surface area contributed by atoms with Crippen molar-refractivity contribution in [2.75, 3.05) is 5.73 Å². The summed E-state index contributed by atoms with van der Waals surface area (Å²) in [5.74, 6) is 0. The number of aromatic nitrogens is 2. The number of hydrogen-bond acceptors (Lipinski definition) is 2. The first-order chi connectivity index (χ1) is 5.29. The van der Waals surface area contributed by atoms with Crippen LogP contribution in [0.1, 0.15) is 0 Å². The van der Waals surface area contributed by atoms with Gasteiger partial charge < -0.3 is 10.3 Å². The van der Waals surface area contributed by atoms with Crippen molar-refractivity contribution in [3.8, 4) is 0 Å². The van der Waals surface area contributed by atoms with E-state index in [0.29, 0.717) is 0 Å². The molecule has 0 atom stereocenters. The van der Waals surface area contributed by atoms with E-state index < -0.39 is 0 Å². The zero-order chi connectivity index (χ0) is 7.84. The summed E-state index contributed by atoms with van der Waals surface area (Å²) < 4.78 is 1.99. The minimum absolute atomic E-state index is 0.731. The molecule has 56 valence electrons. The highest BCUT2D eigenvalue weighted by Gasteiger charge is 1.99. The number of fused-ring (bicyclic) bond motifs is 1. The molecule has 0 aromatic carbocycles. The minimum Gasteiger partial charge on any atom is -0.396 e. The summed E-state index contributed by atoms with van der Waals surface area (Å²) in [7, 11) is 1.97. The zero-order valence-corrected chi connectivity index (χ0v) is 6.28. The molecular formula is C8H9N3. The standard InChI is InChI=1S/C8H9N3/c1-11-3-2-6-4-10-5-7(9)8(6)11/h2-5H,9H2,1H3. The van der Waals surface area contributed by atoms with Crippen molar-refractivity contribution >= 4 is 16.6 Å². The van der Waals surface area contributed by atoms with Crippen molar-refractivity contribution < 1.29 is 0 Å². The van der Waals surface area contributed by atoms with Crippen molar-refractivity contribution in [1.82, 2.24) is 9.55 Å². The molecule has 0 saturated heterocycles. The van der Waals surface area contributed by atoms with E-state index in [1.165, 1.54) is 0 Å². The van der Waals surface area contributed by atoms with Gasteiger partial charge in [0.15, 0.2) is 0 Å². The molecule has 2 aromatic heterocycles. The van der Waals surface area contributed by atoms with Gasteiger partial charge in [0, 0.05) is 24.8 Å². The van der Waals surface area contributed by atoms with Crippen LogP contribution in [0, 0.1) is 0 Å². The lowest BCUT2D eigenvalue weighted by Gasteiger charge is -1.98. The monoisotopic (exact) mass is 147 g/mol. The third kappa shape index (κ3) is 0.774. The predicted octanol–water partition coefficient (Wildman–Crippen LogP) is 1.16. The largest absolute Gasteiger partial charge is 0.396 e. The van der Waals surface area contributed by atoms with Gasteiger partial charge in [-0.1, -0.05) is 0 Å². The number of anilines is 1. The number of nitrogens with two attached hydrogens (primary N) is 1. The van der Waals surface area contributed by atoms with E-state index in [2.05, 4.69) is 4.98 Å². The van der Waals surface area contributed by atoms with Crippen LogP contribution in [0.25, 0.3) is 10.9 Å². The molecule has 11 heavy (non-hydrogen) atoms. The van der Waals surface area contributed by atoms with Gasteiger partial charge in [0.2, 0.25) is 0 Å². The minimum atomic E-state index is 0.731. The van der Waals surface area contributed by atoms with Crippen LogP contribution >= 0.6 is 0 Å². The Balaban J connectivity index is 2.96. The van der Waals surface area contributed by atoms with E-state index in [-0.39, 0.29) is 0 Å². The van der Waals surface area contributed by atoms with Crippen molar-refractivity contribution in [3.63, 3.8) is 0 Å². The van der Waals surface area contributed by atoms with Crippen LogP contribution in [-0.4, -0.2) is 9.55 Å². The number of hydrogen-bond donors (Lipinski definition) is 1. The first kappa shape index (κ1) is 6.22. The van der Waals surface area contributed by atoms with Crippen LogP contribution in [-0.2, 0) is 7.05 Å². The van der Waals surface area contributed by atoms with E-state index in [0.717, 1.165) is 16.6 Å². The molecule has 0 amide bonds. The Kier molecular flexibility index (Phi) is 1.12. The Morgan fingerprint density at radius 2 is 2.27 bits per heavy atom. The third-order valence-corrected chi connectivity index (χ3v) is 1.80. The Bertz CT molecular complexity index is 389. The molecule has 0 radical (unpaired) electrons. The fraction of sp³-hybridized carbons (Fsp3) is 0.125. The summed E-state index contributed by atoms with van der Waals surface area (Å²) >= 11 is 0. The van der Waals surface area contributed by atoms with Gasteiger partial charge in [0.25, 0.3) is 0 Å². The molecule has 2 heterocycles. The van der Waals surface area contributed by atoms with Gasteiger partial charge in [-0.05, 0) is 6.07 Å². The predicted molar refractivity (Wildman–Crippen MR) is 45.1 cm³/mol. The normalized spacial score (nSPS) is 10.6. The summed E-state index contributed by atoms with van der Waals surface area (Å²) in [6.45, 7) is 0. The first-order valence-corrected chi connectivity index (χ1v) is 3.43. The maximum Gasteiger partial charge on any atom is 0.0747 e. The number of nitrogen functional groups attached to an aromatic ring is 1. The average Bonchev–Trinajstić information content (AvgIpc) is 2.34. The highest BCUT2D eigenvalue weighted by atomic mass is 14.9. The van der Waals surface area contributed by atoms with Crippen LogP contribution < -0.4 is 5.73 Å². The van der Waals surface area contributed by atoms with Gasteiger partial charge in [-0.3, -0.25) is 4.98 Å². The number of aryl methyl sites for hydroxylation is 1. The third-order valence-electron chi connectivity index (χ3n) is 1.80. The molecular weight excluding hydrogens is 138 g/mol. The average molecular weight is 147 g/mol. The lowest BCUT2D eigenvalue weighted by atomic mass is 10.3. The molecule has 0 saturated carbocycles. The van der Waals surface area contributed by atoms with Gasteiger partial charge in [-0.25, -0.2) is 0 Å². The topological polar surface area (TPSA) is 43.8 Å². The Morgan fingerprint density at radius 3 is 3.00 bits per heavy atom. The highest BCUT2D eigenvalue weighted by molar-refractivity contribution is 5.89. The zero-order valence-electron chi connectivity index (χ0n) is 6.28. The molecule has 2 aromatic rings. The molecule has 3 heteroatoms. The lowest BCUT2D eigenvalue weighted by molar-refractivity contribution is 0.969. The van der Waals surface area contributed by atoms with Gasteiger partial charge in [0.1, 0.15) is 0 Å². The summed E-state index contributed by atoms with van der Waals surface area (Å²) in [6.07, 6.45) is 5.46. The summed E-state index contributed by atoms with van der Waals surface area (Å²) in [5, 5.41) is 1.09. The number of rotatable bonds is 0. The van der Waals surface area contributed by atoms with Crippen molar-refractivity contribution in [1.29, 1.82) is 0 Å². The molecule has 0 unspecified atom stereocenters. The van der Waals surface area contributed by atoms with E-state index in [9.17, 15) is 0 Å². The van der Waals surface area contributed by atoms with Crippen molar-refractivity contribution in [2.24, 2.45) is 7.05 Å². The van der Waals surface area contributed by atoms with Crippen LogP contribution in [0.15, 0.2) is 24.7 Å². The van der Waals surface area contributed by atoms with Gasteiger partial charge in [0.05, 0.1) is 17.4 Å². The fourth-order valence-electron chi connectivity index (χ4n) is 1.28. The maximum absolute atomic E-state index is 5.72. The van der Waals surface area contributed by atoms with Crippen molar-refractivity contribution in [2.45, 2.75) is 0 Å². The smallest absolute Gasteiger partial charge is 0.0747 e. The second-order valence-corrected chi connectivity index (χ2v) is 2.59. The highest BCUT2D eigenvalue weighted by Crippen LogP contribution is 2.18. The van der Waals surface area contributed by atoms with Crippen molar-refractivity contribution in [3.05, 3.63) is 24.7 Å². The quantitative estimate of drug-likeness (QED) is 0.607. The molecule has 0 fully saturated rings. The molecule has 2 rings (SSSR count).